The average Bonchev–Trinajstić information content (AvgIpc) is 2.53. The minimum Gasteiger partial charge on any atom is -0.490 e. The van der Waals surface area contributed by atoms with Gasteiger partial charge in [0.2, 0.25) is 0 Å². The molecule has 2 N–H and O–H groups in total. The number of ether oxygens (including phenoxy) is 1. The van der Waals surface area contributed by atoms with Crippen molar-refractivity contribution in [3.8, 4) is 5.75 Å². The Kier molecular flexibility index (Phi) is 5.39. The fourth-order valence-electron chi connectivity index (χ4n) is 2.66. The highest BCUT2D eigenvalue weighted by Gasteiger charge is 2.25. The Morgan fingerprint density at radius 1 is 1.43 bits per heavy atom. The predicted molar refractivity (Wildman–Crippen MR) is 84.4 cm³/mol. The van der Waals surface area contributed by atoms with Crippen LogP contribution in [0.5, 0.6) is 5.75 Å². The molecule has 0 bridgehead atoms. The normalized spacial score (nSPS) is 17.3. The maximum atomic E-state index is 12.4. The number of benzene rings is 1. The van der Waals surface area contributed by atoms with Crippen molar-refractivity contribution < 1.29 is 9.53 Å². The smallest absolute Gasteiger partial charge is 0.253 e. The second-order valence-electron chi connectivity index (χ2n) is 5.61. The summed E-state index contributed by atoms with van der Waals surface area (Å²) in [5.74, 6) is 1.37. The summed E-state index contributed by atoms with van der Waals surface area (Å²) < 4.78 is 5.42. The fraction of sp³-hybridized carbons (Fsp3) is 0.471. The van der Waals surface area contributed by atoms with Gasteiger partial charge in [-0.2, -0.15) is 0 Å². The van der Waals surface area contributed by atoms with Gasteiger partial charge in [-0.3, -0.25) is 4.79 Å². The first-order valence-corrected chi connectivity index (χ1v) is 7.50. The Morgan fingerprint density at radius 2 is 2.05 bits per heavy atom. The zero-order valence-electron chi connectivity index (χ0n) is 12.6. The molecule has 4 nitrogen and oxygen atoms in total. The molecule has 114 valence electrons. The number of nitrogens with zero attached hydrogens (tertiary/aromatic N) is 1. The lowest BCUT2D eigenvalue weighted by Gasteiger charge is -2.33. The van der Waals surface area contributed by atoms with E-state index < -0.39 is 0 Å². The Morgan fingerprint density at radius 3 is 2.57 bits per heavy atom. The van der Waals surface area contributed by atoms with Crippen LogP contribution in [0.15, 0.2) is 36.9 Å². The van der Waals surface area contributed by atoms with Crippen molar-refractivity contribution in [1.82, 2.24) is 4.90 Å². The largest absolute Gasteiger partial charge is 0.490 e. The number of piperidine rings is 1. The van der Waals surface area contributed by atoms with E-state index >= 15 is 0 Å². The minimum absolute atomic E-state index is 0.0911. The Balaban J connectivity index is 1.93. The molecule has 0 saturated carbocycles. The van der Waals surface area contributed by atoms with E-state index in [1.807, 2.05) is 36.1 Å². The van der Waals surface area contributed by atoms with E-state index in [4.69, 9.17) is 10.5 Å². The van der Waals surface area contributed by atoms with Crippen molar-refractivity contribution in [2.24, 2.45) is 11.7 Å². The summed E-state index contributed by atoms with van der Waals surface area (Å²) in [5, 5.41) is 0. The molecule has 0 aromatic heterocycles. The molecule has 2 rings (SSSR count). The number of hydrogen-bond donors (Lipinski definition) is 1. The third-order valence-electron chi connectivity index (χ3n) is 4.04. The zero-order chi connectivity index (χ0) is 15.2. The summed E-state index contributed by atoms with van der Waals surface area (Å²) in [4.78, 5) is 14.4. The Bertz CT molecular complexity index is 474. The predicted octanol–water partition coefficient (Wildman–Crippen LogP) is 2.45. The number of carbonyl (C=O) groups is 1. The van der Waals surface area contributed by atoms with E-state index in [0.717, 1.165) is 31.7 Å². The van der Waals surface area contributed by atoms with Crippen LogP contribution in [-0.4, -0.2) is 36.5 Å². The van der Waals surface area contributed by atoms with Crippen LogP contribution in [0.2, 0.25) is 0 Å². The van der Waals surface area contributed by atoms with Crippen molar-refractivity contribution >= 4 is 5.91 Å². The summed E-state index contributed by atoms with van der Waals surface area (Å²) in [6.45, 7) is 7.71. The van der Waals surface area contributed by atoms with Crippen LogP contribution >= 0.6 is 0 Å². The van der Waals surface area contributed by atoms with Gasteiger partial charge in [0, 0.05) is 24.7 Å². The maximum Gasteiger partial charge on any atom is 0.253 e. The monoisotopic (exact) mass is 288 g/mol. The molecule has 1 heterocycles. The first kappa shape index (κ1) is 15.6. The van der Waals surface area contributed by atoms with Crippen LogP contribution in [0, 0.1) is 5.92 Å². The molecule has 0 radical (unpaired) electrons. The third-order valence-corrected chi connectivity index (χ3v) is 4.04. The maximum absolute atomic E-state index is 12.4. The van der Waals surface area contributed by atoms with E-state index in [1.165, 1.54) is 0 Å². The molecule has 1 amide bonds. The molecule has 1 aliphatic heterocycles. The number of amides is 1. The topological polar surface area (TPSA) is 55.6 Å². The van der Waals surface area contributed by atoms with Gasteiger partial charge in [0.15, 0.2) is 0 Å². The molecule has 0 spiro atoms. The quantitative estimate of drug-likeness (QED) is 0.847. The third kappa shape index (κ3) is 4.08. The summed E-state index contributed by atoms with van der Waals surface area (Å²) in [5.41, 5.74) is 6.64. The molecule has 1 fully saturated rings. The van der Waals surface area contributed by atoms with Crippen LogP contribution in [0.4, 0.5) is 0 Å². The van der Waals surface area contributed by atoms with Crippen molar-refractivity contribution in [3.05, 3.63) is 42.5 Å². The summed E-state index contributed by atoms with van der Waals surface area (Å²) in [7, 11) is 0. The number of hydrogen-bond acceptors (Lipinski definition) is 3. The van der Waals surface area contributed by atoms with E-state index in [-0.39, 0.29) is 11.9 Å². The molecular formula is C17H24N2O2. The van der Waals surface area contributed by atoms with Crippen molar-refractivity contribution in [1.29, 1.82) is 0 Å². The highest BCUT2D eigenvalue weighted by Crippen LogP contribution is 2.21. The van der Waals surface area contributed by atoms with Gasteiger partial charge in [0.05, 0.1) is 0 Å². The SMILES string of the molecule is C=CCOc1ccc(C(=O)N2CCC(C(C)N)CC2)cc1. The molecule has 1 saturated heterocycles. The molecule has 1 atom stereocenters. The van der Waals surface area contributed by atoms with Gasteiger partial charge < -0.3 is 15.4 Å². The average molecular weight is 288 g/mol. The minimum atomic E-state index is 0.0911. The van der Waals surface area contributed by atoms with Gasteiger partial charge in [-0.1, -0.05) is 12.7 Å². The van der Waals surface area contributed by atoms with Crippen molar-refractivity contribution in [2.45, 2.75) is 25.8 Å². The van der Waals surface area contributed by atoms with Gasteiger partial charge >= 0.3 is 0 Å². The lowest BCUT2D eigenvalue weighted by atomic mass is 9.90. The summed E-state index contributed by atoms with van der Waals surface area (Å²) in [6, 6.07) is 7.50. The number of likely N-dealkylation sites (tertiary alicyclic amines) is 1. The number of carbonyl (C=O) groups excluding carboxylic acids is 1. The highest BCUT2D eigenvalue weighted by molar-refractivity contribution is 5.94. The standard InChI is InChI=1S/C17H24N2O2/c1-3-12-21-16-6-4-15(5-7-16)17(20)19-10-8-14(9-11-19)13(2)18/h3-7,13-14H,1,8-12,18H2,2H3. The fourth-order valence-corrected chi connectivity index (χ4v) is 2.66. The molecule has 0 aliphatic carbocycles. The molecule has 1 unspecified atom stereocenters. The van der Waals surface area contributed by atoms with Gasteiger partial charge in [0.25, 0.3) is 5.91 Å². The van der Waals surface area contributed by atoms with Crippen LogP contribution < -0.4 is 10.5 Å². The molecule has 1 aliphatic rings. The molecular weight excluding hydrogens is 264 g/mol. The second-order valence-corrected chi connectivity index (χ2v) is 5.61. The van der Waals surface area contributed by atoms with Gasteiger partial charge in [-0.15, -0.1) is 0 Å². The number of rotatable bonds is 5. The van der Waals surface area contributed by atoms with Crippen LogP contribution in [-0.2, 0) is 0 Å². The van der Waals surface area contributed by atoms with Gasteiger partial charge in [-0.05, 0) is 49.9 Å². The van der Waals surface area contributed by atoms with Crippen LogP contribution in [0.1, 0.15) is 30.1 Å². The first-order valence-electron chi connectivity index (χ1n) is 7.50. The zero-order valence-corrected chi connectivity index (χ0v) is 12.6. The van der Waals surface area contributed by atoms with Gasteiger partial charge in [0.1, 0.15) is 12.4 Å². The van der Waals surface area contributed by atoms with E-state index in [2.05, 4.69) is 6.58 Å². The number of nitrogens with two attached hydrogens (primary N) is 1. The lowest BCUT2D eigenvalue weighted by Crippen LogP contribution is -2.42. The Labute approximate surface area is 126 Å². The van der Waals surface area contributed by atoms with Crippen molar-refractivity contribution in [2.75, 3.05) is 19.7 Å². The van der Waals surface area contributed by atoms with E-state index in [1.54, 1.807) is 6.08 Å². The second kappa shape index (κ2) is 7.27. The molecule has 1 aromatic carbocycles. The molecule has 4 heteroatoms. The highest BCUT2D eigenvalue weighted by atomic mass is 16.5. The van der Waals surface area contributed by atoms with Crippen molar-refractivity contribution in [3.63, 3.8) is 0 Å². The van der Waals surface area contributed by atoms with Crippen LogP contribution in [0.25, 0.3) is 0 Å². The molecule has 21 heavy (non-hydrogen) atoms. The van der Waals surface area contributed by atoms with Crippen LogP contribution in [0.3, 0.4) is 0 Å². The van der Waals surface area contributed by atoms with E-state index in [9.17, 15) is 4.79 Å². The summed E-state index contributed by atoms with van der Waals surface area (Å²) in [6.07, 6.45) is 3.68. The first-order chi connectivity index (χ1) is 10.1. The van der Waals surface area contributed by atoms with E-state index in [0.29, 0.717) is 18.1 Å². The Hall–Kier alpha value is -1.81. The summed E-state index contributed by atoms with van der Waals surface area (Å²) >= 11 is 0. The van der Waals surface area contributed by atoms with Gasteiger partial charge in [-0.25, -0.2) is 0 Å². The molecule has 1 aromatic rings. The lowest BCUT2D eigenvalue weighted by molar-refractivity contribution is 0.0681.